The van der Waals surface area contributed by atoms with Crippen LogP contribution >= 0.6 is 0 Å². The number of carbonyl (C=O) groups excluding carboxylic acids is 1. The molecular formula is C21H27F3N2O2. The molecule has 28 heavy (non-hydrogen) atoms. The third-order valence-electron chi connectivity index (χ3n) is 4.96. The van der Waals surface area contributed by atoms with Crippen molar-refractivity contribution in [3.8, 4) is 11.8 Å². The van der Waals surface area contributed by atoms with Crippen LogP contribution in [0.5, 0.6) is 5.75 Å². The zero-order valence-corrected chi connectivity index (χ0v) is 16.3. The lowest BCUT2D eigenvalue weighted by molar-refractivity contribution is -0.137. The fourth-order valence-electron chi connectivity index (χ4n) is 3.48. The van der Waals surface area contributed by atoms with E-state index in [1.54, 1.807) is 0 Å². The average molecular weight is 396 g/mol. The molecule has 4 nitrogen and oxygen atoms in total. The molecule has 1 aromatic carbocycles. The molecule has 0 bridgehead atoms. The summed E-state index contributed by atoms with van der Waals surface area (Å²) in [5, 5.41) is 11.8. The van der Waals surface area contributed by atoms with Crippen molar-refractivity contribution in [2.24, 2.45) is 11.8 Å². The number of hydrogen-bond donors (Lipinski definition) is 1. The number of alkyl halides is 3. The first-order valence-corrected chi connectivity index (χ1v) is 9.76. The highest BCUT2D eigenvalue weighted by Gasteiger charge is 2.34. The number of hydrogen-bond acceptors (Lipinski definition) is 3. The Morgan fingerprint density at radius 1 is 1.29 bits per heavy atom. The molecule has 1 aliphatic rings. The van der Waals surface area contributed by atoms with E-state index in [4.69, 9.17) is 10.00 Å². The van der Waals surface area contributed by atoms with Gasteiger partial charge in [0.1, 0.15) is 5.75 Å². The highest BCUT2D eigenvalue weighted by atomic mass is 19.4. The number of amides is 1. The van der Waals surface area contributed by atoms with Gasteiger partial charge in [0.2, 0.25) is 0 Å². The third kappa shape index (κ3) is 6.43. The molecule has 1 amide bonds. The van der Waals surface area contributed by atoms with Crippen molar-refractivity contribution in [2.45, 2.75) is 64.7 Å². The number of nitrogens with zero attached hydrogens (tertiary/aromatic N) is 1. The van der Waals surface area contributed by atoms with Gasteiger partial charge in [0, 0.05) is 6.54 Å². The molecule has 154 valence electrons. The van der Waals surface area contributed by atoms with Crippen molar-refractivity contribution in [1.82, 2.24) is 5.32 Å². The zero-order chi connectivity index (χ0) is 20.7. The van der Waals surface area contributed by atoms with E-state index in [2.05, 4.69) is 5.32 Å². The monoisotopic (exact) mass is 396 g/mol. The van der Waals surface area contributed by atoms with Gasteiger partial charge in [0.05, 0.1) is 17.2 Å². The second kappa shape index (κ2) is 9.81. The van der Waals surface area contributed by atoms with Crippen LogP contribution in [0, 0.1) is 23.2 Å². The van der Waals surface area contributed by atoms with E-state index in [1.807, 2.05) is 13.8 Å². The second-order valence-corrected chi connectivity index (χ2v) is 7.80. The Morgan fingerprint density at radius 2 is 1.96 bits per heavy atom. The first-order chi connectivity index (χ1) is 13.2. The molecule has 1 unspecified atom stereocenters. The Bertz CT molecular complexity index is 705. The predicted molar refractivity (Wildman–Crippen MR) is 99.6 cm³/mol. The Morgan fingerprint density at radius 3 is 2.54 bits per heavy atom. The van der Waals surface area contributed by atoms with Crippen molar-refractivity contribution in [1.29, 1.82) is 5.26 Å². The van der Waals surface area contributed by atoms with Crippen LogP contribution in [-0.2, 0) is 11.0 Å². The summed E-state index contributed by atoms with van der Waals surface area (Å²) in [6.45, 7) is 4.41. The van der Waals surface area contributed by atoms with Crippen LogP contribution in [0.3, 0.4) is 0 Å². The van der Waals surface area contributed by atoms with Crippen molar-refractivity contribution >= 4 is 5.91 Å². The fraction of sp³-hybridized carbons (Fsp3) is 0.619. The Labute approximate surface area is 164 Å². The van der Waals surface area contributed by atoms with Crippen molar-refractivity contribution in [3.05, 3.63) is 29.3 Å². The number of rotatable bonds is 7. The topological polar surface area (TPSA) is 62.1 Å². The van der Waals surface area contributed by atoms with Crippen LogP contribution in [0.15, 0.2) is 18.2 Å². The van der Waals surface area contributed by atoms with Crippen LogP contribution in [0.2, 0.25) is 0 Å². The van der Waals surface area contributed by atoms with Gasteiger partial charge in [0.25, 0.3) is 5.91 Å². The van der Waals surface area contributed by atoms with Gasteiger partial charge in [-0.05, 0) is 49.3 Å². The summed E-state index contributed by atoms with van der Waals surface area (Å²) in [5.74, 6) is 0.206. The second-order valence-electron chi connectivity index (χ2n) is 7.80. The van der Waals surface area contributed by atoms with Gasteiger partial charge in [-0.1, -0.05) is 33.1 Å². The molecule has 0 saturated heterocycles. The summed E-state index contributed by atoms with van der Waals surface area (Å²) < 4.78 is 45.1. The molecule has 7 heteroatoms. The molecule has 1 aliphatic carbocycles. The average Bonchev–Trinajstić information content (AvgIpc) is 2.65. The summed E-state index contributed by atoms with van der Waals surface area (Å²) in [7, 11) is 0. The van der Waals surface area contributed by atoms with Crippen molar-refractivity contribution in [2.75, 3.05) is 6.54 Å². The van der Waals surface area contributed by atoms with Gasteiger partial charge in [-0.15, -0.1) is 0 Å². The maximum absolute atomic E-state index is 13.2. The van der Waals surface area contributed by atoms with Crippen molar-refractivity contribution in [3.63, 3.8) is 0 Å². The molecule has 0 radical (unpaired) electrons. The van der Waals surface area contributed by atoms with Gasteiger partial charge in [-0.2, -0.15) is 18.4 Å². The molecular weight excluding hydrogens is 369 g/mol. The van der Waals surface area contributed by atoms with Crippen LogP contribution in [-0.4, -0.2) is 18.6 Å². The first-order valence-electron chi connectivity index (χ1n) is 9.76. The maximum Gasteiger partial charge on any atom is 0.417 e. The number of nitrogens with one attached hydrogen (secondary N) is 1. The van der Waals surface area contributed by atoms with Gasteiger partial charge < -0.3 is 10.1 Å². The molecule has 1 fully saturated rings. The predicted octanol–water partition coefficient (Wildman–Crippen LogP) is 5.07. The summed E-state index contributed by atoms with van der Waals surface area (Å²) in [5.41, 5.74) is -1.53. The Kier molecular flexibility index (Phi) is 7.73. The molecule has 0 spiro atoms. The Balaban J connectivity index is 2.10. The molecule has 0 aliphatic heterocycles. The zero-order valence-electron chi connectivity index (χ0n) is 16.3. The normalized spacial score (nSPS) is 16.5. The summed E-state index contributed by atoms with van der Waals surface area (Å²) in [6, 6.07) is 4.71. The maximum atomic E-state index is 13.2. The van der Waals surface area contributed by atoms with E-state index in [9.17, 15) is 18.0 Å². The quantitative estimate of drug-likeness (QED) is 0.700. The van der Waals surface area contributed by atoms with Crippen LogP contribution in [0.4, 0.5) is 13.2 Å². The smallest absolute Gasteiger partial charge is 0.417 e. The van der Waals surface area contributed by atoms with Crippen LogP contribution < -0.4 is 10.1 Å². The van der Waals surface area contributed by atoms with E-state index < -0.39 is 23.4 Å². The lowest BCUT2D eigenvalue weighted by Crippen LogP contribution is -2.41. The van der Waals surface area contributed by atoms with Crippen LogP contribution in [0.1, 0.15) is 63.5 Å². The van der Waals surface area contributed by atoms with E-state index in [1.165, 1.54) is 18.6 Å². The minimum atomic E-state index is -4.67. The molecule has 0 heterocycles. The van der Waals surface area contributed by atoms with E-state index >= 15 is 0 Å². The minimum Gasteiger partial charge on any atom is -0.481 e. The van der Waals surface area contributed by atoms with Gasteiger partial charge in [-0.25, -0.2) is 0 Å². The highest BCUT2D eigenvalue weighted by Crippen LogP contribution is 2.34. The molecule has 1 aromatic rings. The number of halogens is 3. The summed E-state index contributed by atoms with van der Waals surface area (Å²) in [6.07, 6.45) is 0.567. The molecule has 0 aromatic heterocycles. The van der Waals surface area contributed by atoms with Gasteiger partial charge >= 0.3 is 6.18 Å². The number of carbonyl (C=O) groups is 1. The largest absolute Gasteiger partial charge is 0.481 e. The molecule has 2 rings (SSSR count). The van der Waals surface area contributed by atoms with E-state index in [0.717, 1.165) is 37.8 Å². The van der Waals surface area contributed by atoms with E-state index in [0.29, 0.717) is 18.9 Å². The summed E-state index contributed by atoms with van der Waals surface area (Å²) >= 11 is 0. The lowest BCUT2D eigenvalue weighted by Gasteiger charge is -2.25. The number of ether oxygens (including phenoxy) is 1. The molecule has 1 saturated carbocycles. The fourth-order valence-corrected chi connectivity index (χ4v) is 3.48. The number of benzene rings is 1. The molecule has 1 N–H and O–H groups in total. The standard InChI is InChI=1S/C21H27F3N2O2/c1-14(2)10-19(20(27)26-13-15-6-4-3-5-7-15)28-17-9-8-16(12-25)18(11-17)21(22,23)24/h8-9,11,14-15,19H,3-7,10,13H2,1-2H3,(H,26,27). The minimum absolute atomic E-state index is 0.0650. The van der Waals surface area contributed by atoms with Crippen molar-refractivity contribution < 1.29 is 22.7 Å². The first kappa shape index (κ1) is 22.1. The number of nitriles is 1. The lowest BCUT2D eigenvalue weighted by atomic mass is 9.89. The highest BCUT2D eigenvalue weighted by molar-refractivity contribution is 5.81. The van der Waals surface area contributed by atoms with Crippen LogP contribution in [0.25, 0.3) is 0 Å². The molecule has 1 atom stereocenters. The summed E-state index contributed by atoms with van der Waals surface area (Å²) in [4.78, 5) is 12.6. The SMILES string of the molecule is CC(C)CC(Oc1ccc(C#N)c(C(F)(F)F)c1)C(=O)NCC1CCCCC1. The Hall–Kier alpha value is -2.23. The van der Waals surface area contributed by atoms with Gasteiger partial charge in [-0.3, -0.25) is 4.79 Å². The van der Waals surface area contributed by atoms with Gasteiger partial charge in [0.15, 0.2) is 6.10 Å². The van der Waals surface area contributed by atoms with E-state index in [-0.39, 0.29) is 17.6 Å². The third-order valence-corrected chi connectivity index (χ3v) is 4.96.